The summed E-state index contributed by atoms with van der Waals surface area (Å²) in [5, 5.41) is 12.2. The van der Waals surface area contributed by atoms with Gasteiger partial charge in [-0.1, -0.05) is 74.7 Å². The zero-order valence-corrected chi connectivity index (χ0v) is 17.3. The summed E-state index contributed by atoms with van der Waals surface area (Å²) in [6, 6.07) is 16.0. The minimum atomic E-state index is -0.892. The van der Waals surface area contributed by atoms with Crippen LogP contribution in [-0.4, -0.2) is 29.8 Å². The Hall–Kier alpha value is -2.82. The Bertz CT molecular complexity index is 879. The Balaban J connectivity index is 1.44. The molecule has 1 amide bonds. The van der Waals surface area contributed by atoms with Crippen LogP contribution >= 0.6 is 0 Å². The second-order valence-electron chi connectivity index (χ2n) is 8.60. The first-order valence-corrected chi connectivity index (χ1v) is 10.9. The SMILES string of the molecule is CC1CCCCC1[C@H](CC(=O)O)NC(=O)OCC1c2ccccc2-c2ccccc21. The molecule has 0 spiro atoms. The van der Waals surface area contributed by atoms with Crippen LogP contribution in [-0.2, 0) is 9.53 Å². The average Bonchev–Trinajstić information content (AvgIpc) is 3.06. The molecule has 2 N–H and O–H groups in total. The third-order valence-electron chi connectivity index (χ3n) is 6.74. The van der Waals surface area contributed by atoms with Gasteiger partial charge in [0.2, 0.25) is 0 Å². The third-order valence-corrected chi connectivity index (χ3v) is 6.74. The van der Waals surface area contributed by atoms with E-state index in [2.05, 4.69) is 36.5 Å². The van der Waals surface area contributed by atoms with Crippen molar-refractivity contribution in [3.8, 4) is 11.1 Å². The summed E-state index contributed by atoms with van der Waals surface area (Å²) < 4.78 is 5.63. The summed E-state index contributed by atoms with van der Waals surface area (Å²) in [5.74, 6) is -0.321. The van der Waals surface area contributed by atoms with Crippen LogP contribution < -0.4 is 5.32 Å². The molecule has 1 fully saturated rings. The van der Waals surface area contributed by atoms with Gasteiger partial charge >= 0.3 is 12.1 Å². The van der Waals surface area contributed by atoms with Gasteiger partial charge in [-0.15, -0.1) is 0 Å². The highest BCUT2D eigenvalue weighted by molar-refractivity contribution is 5.79. The van der Waals surface area contributed by atoms with Gasteiger partial charge < -0.3 is 15.2 Å². The Morgan fingerprint density at radius 2 is 1.63 bits per heavy atom. The lowest BCUT2D eigenvalue weighted by atomic mass is 9.75. The molecule has 4 rings (SSSR count). The molecule has 0 bridgehead atoms. The van der Waals surface area contributed by atoms with Crippen LogP contribution in [0.3, 0.4) is 0 Å². The Kier molecular flexibility index (Phi) is 6.07. The molecule has 5 heteroatoms. The molecule has 158 valence electrons. The molecule has 2 aliphatic rings. The number of rotatable bonds is 6. The fraction of sp³-hybridized carbons (Fsp3) is 0.440. The van der Waals surface area contributed by atoms with E-state index in [1.807, 2.05) is 24.3 Å². The minimum Gasteiger partial charge on any atom is -0.481 e. The van der Waals surface area contributed by atoms with Crippen molar-refractivity contribution in [2.45, 2.75) is 51.0 Å². The molecule has 2 unspecified atom stereocenters. The molecule has 0 aromatic heterocycles. The fourth-order valence-corrected chi connectivity index (χ4v) is 5.23. The number of aliphatic carboxylic acids is 1. The van der Waals surface area contributed by atoms with E-state index in [1.54, 1.807) is 0 Å². The van der Waals surface area contributed by atoms with Crippen molar-refractivity contribution >= 4 is 12.1 Å². The third kappa shape index (κ3) is 4.20. The van der Waals surface area contributed by atoms with E-state index in [1.165, 1.54) is 17.5 Å². The molecule has 0 radical (unpaired) electrons. The van der Waals surface area contributed by atoms with Crippen LogP contribution in [0, 0.1) is 11.8 Å². The number of hydrogen-bond donors (Lipinski definition) is 2. The predicted octanol–water partition coefficient (Wildman–Crippen LogP) is 5.19. The van der Waals surface area contributed by atoms with Gasteiger partial charge in [0.05, 0.1) is 6.42 Å². The van der Waals surface area contributed by atoms with Gasteiger partial charge in [-0.05, 0) is 40.5 Å². The monoisotopic (exact) mass is 407 g/mol. The normalized spacial score (nSPS) is 21.4. The molecule has 0 heterocycles. The number of benzene rings is 2. The molecule has 30 heavy (non-hydrogen) atoms. The maximum absolute atomic E-state index is 12.6. The van der Waals surface area contributed by atoms with Crippen molar-refractivity contribution in [3.05, 3.63) is 59.7 Å². The van der Waals surface area contributed by atoms with Crippen molar-refractivity contribution in [1.82, 2.24) is 5.32 Å². The molecule has 2 aromatic carbocycles. The standard InChI is InChI=1S/C25H29NO4/c1-16-8-2-3-9-17(16)23(14-24(27)28)26-25(29)30-15-22-20-12-6-4-10-18(20)19-11-5-7-13-21(19)22/h4-7,10-13,16-17,22-23H,2-3,8-9,14-15H2,1H3,(H,26,29)(H,27,28)/t16?,17?,23-/m0/s1. The van der Waals surface area contributed by atoms with Gasteiger partial charge in [0, 0.05) is 12.0 Å². The first-order chi connectivity index (χ1) is 14.5. The van der Waals surface area contributed by atoms with Crippen LogP contribution in [0.15, 0.2) is 48.5 Å². The molecule has 2 aromatic rings. The smallest absolute Gasteiger partial charge is 0.407 e. The highest BCUT2D eigenvalue weighted by atomic mass is 16.5. The Morgan fingerprint density at radius 3 is 2.23 bits per heavy atom. The van der Waals surface area contributed by atoms with Crippen LogP contribution in [0.25, 0.3) is 11.1 Å². The van der Waals surface area contributed by atoms with E-state index in [9.17, 15) is 14.7 Å². The highest BCUT2D eigenvalue weighted by Crippen LogP contribution is 2.44. The second-order valence-corrected chi connectivity index (χ2v) is 8.60. The van der Waals surface area contributed by atoms with Crippen molar-refractivity contribution in [2.75, 3.05) is 6.61 Å². The number of alkyl carbamates (subject to hydrolysis) is 1. The molecule has 0 saturated heterocycles. The van der Waals surface area contributed by atoms with Gasteiger partial charge in [-0.25, -0.2) is 4.79 Å². The van der Waals surface area contributed by atoms with E-state index >= 15 is 0 Å². The summed E-state index contributed by atoms with van der Waals surface area (Å²) in [4.78, 5) is 24.0. The predicted molar refractivity (Wildman–Crippen MR) is 115 cm³/mol. The van der Waals surface area contributed by atoms with Gasteiger partial charge in [0.1, 0.15) is 6.61 Å². The Morgan fingerprint density at radius 1 is 1.03 bits per heavy atom. The molecule has 2 aliphatic carbocycles. The average molecular weight is 408 g/mol. The number of fused-ring (bicyclic) bond motifs is 3. The van der Waals surface area contributed by atoms with Crippen molar-refractivity contribution < 1.29 is 19.4 Å². The van der Waals surface area contributed by atoms with E-state index in [-0.39, 0.29) is 24.9 Å². The summed E-state index contributed by atoms with van der Waals surface area (Å²) in [6.07, 6.45) is 3.68. The largest absolute Gasteiger partial charge is 0.481 e. The maximum atomic E-state index is 12.6. The molecular weight excluding hydrogens is 378 g/mol. The number of carbonyl (C=O) groups excluding carboxylic acids is 1. The van der Waals surface area contributed by atoms with Crippen LogP contribution in [0.5, 0.6) is 0 Å². The zero-order valence-electron chi connectivity index (χ0n) is 17.3. The number of ether oxygens (including phenoxy) is 1. The number of carbonyl (C=O) groups is 2. The molecule has 5 nitrogen and oxygen atoms in total. The Labute approximate surface area is 177 Å². The quantitative estimate of drug-likeness (QED) is 0.691. The van der Waals surface area contributed by atoms with Gasteiger partial charge in [-0.2, -0.15) is 0 Å². The molecule has 0 aliphatic heterocycles. The van der Waals surface area contributed by atoms with E-state index < -0.39 is 18.1 Å². The van der Waals surface area contributed by atoms with Gasteiger partial charge in [0.25, 0.3) is 0 Å². The van der Waals surface area contributed by atoms with Crippen molar-refractivity contribution in [3.63, 3.8) is 0 Å². The highest BCUT2D eigenvalue weighted by Gasteiger charge is 2.33. The first kappa shape index (κ1) is 20.5. The number of amides is 1. The summed E-state index contributed by atoms with van der Waals surface area (Å²) in [6.45, 7) is 2.39. The van der Waals surface area contributed by atoms with E-state index in [0.29, 0.717) is 5.92 Å². The maximum Gasteiger partial charge on any atom is 0.407 e. The minimum absolute atomic E-state index is 0.00493. The van der Waals surface area contributed by atoms with E-state index in [0.717, 1.165) is 30.4 Å². The second kappa shape index (κ2) is 8.90. The summed E-state index contributed by atoms with van der Waals surface area (Å²) >= 11 is 0. The van der Waals surface area contributed by atoms with Crippen molar-refractivity contribution in [2.24, 2.45) is 11.8 Å². The number of carboxylic acids is 1. The topological polar surface area (TPSA) is 75.6 Å². The number of hydrogen-bond acceptors (Lipinski definition) is 3. The lowest BCUT2D eigenvalue weighted by molar-refractivity contribution is -0.138. The van der Waals surface area contributed by atoms with Gasteiger partial charge in [-0.3, -0.25) is 4.79 Å². The zero-order chi connectivity index (χ0) is 21.1. The lowest BCUT2D eigenvalue weighted by Gasteiger charge is -2.35. The molecule has 3 atom stereocenters. The van der Waals surface area contributed by atoms with Crippen LogP contribution in [0.1, 0.15) is 56.1 Å². The molecular formula is C25H29NO4. The van der Waals surface area contributed by atoms with E-state index in [4.69, 9.17) is 4.74 Å². The number of nitrogens with one attached hydrogen (secondary N) is 1. The molecule has 1 saturated carbocycles. The van der Waals surface area contributed by atoms with Gasteiger partial charge in [0.15, 0.2) is 0 Å². The van der Waals surface area contributed by atoms with Crippen molar-refractivity contribution in [1.29, 1.82) is 0 Å². The fourth-order valence-electron chi connectivity index (χ4n) is 5.23. The van der Waals surface area contributed by atoms with Crippen LogP contribution in [0.4, 0.5) is 4.79 Å². The summed E-state index contributed by atoms with van der Waals surface area (Å²) in [5.41, 5.74) is 4.69. The number of carboxylic acid groups (broad SMARTS) is 1. The lowest BCUT2D eigenvalue weighted by Crippen LogP contribution is -2.45. The summed E-state index contributed by atoms with van der Waals surface area (Å²) in [7, 11) is 0. The first-order valence-electron chi connectivity index (χ1n) is 10.9. The van der Waals surface area contributed by atoms with Crippen LogP contribution in [0.2, 0.25) is 0 Å².